The van der Waals surface area contributed by atoms with Crippen LogP contribution in [0.1, 0.15) is 4.88 Å². The normalized spacial score (nSPS) is 11.8. The minimum atomic E-state index is -0.190. The molecule has 0 saturated carbocycles. The lowest BCUT2D eigenvalue weighted by Gasteiger charge is -2.02. The number of thiazole rings is 1. The highest BCUT2D eigenvalue weighted by atomic mass is 35.5. The van der Waals surface area contributed by atoms with Crippen molar-refractivity contribution in [2.24, 2.45) is 4.99 Å². The van der Waals surface area contributed by atoms with Gasteiger partial charge in [0.2, 0.25) is 0 Å². The van der Waals surface area contributed by atoms with Gasteiger partial charge in [-0.2, -0.15) is 4.99 Å². The Morgan fingerprint density at radius 1 is 1.38 bits per heavy atom. The Balaban J connectivity index is 2.01. The second-order valence-corrected chi connectivity index (χ2v) is 7.81. The molecule has 0 bridgehead atoms. The van der Waals surface area contributed by atoms with Crippen LogP contribution in [0.2, 0.25) is 4.34 Å². The van der Waals surface area contributed by atoms with Crippen LogP contribution in [0.25, 0.3) is 10.2 Å². The number of carbonyl (C=O) groups is 1. The lowest BCUT2D eigenvalue weighted by molar-refractivity contribution is -0.117. The third kappa shape index (κ3) is 3.61. The summed E-state index contributed by atoms with van der Waals surface area (Å²) in [5.74, 6) is 0.588. The summed E-state index contributed by atoms with van der Waals surface area (Å²) in [5.41, 5.74) is 1.01. The van der Waals surface area contributed by atoms with Crippen LogP contribution < -0.4 is 9.54 Å². The zero-order valence-electron chi connectivity index (χ0n) is 13.0. The van der Waals surface area contributed by atoms with Crippen molar-refractivity contribution in [3.63, 3.8) is 0 Å². The fourth-order valence-electron chi connectivity index (χ4n) is 2.31. The van der Waals surface area contributed by atoms with E-state index in [0.717, 1.165) is 20.8 Å². The first-order valence-electron chi connectivity index (χ1n) is 7.20. The lowest BCUT2D eigenvalue weighted by Crippen LogP contribution is -2.16. The van der Waals surface area contributed by atoms with E-state index in [4.69, 9.17) is 16.3 Å². The van der Waals surface area contributed by atoms with E-state index in [1.165, 1.54) is 22.7 Å². The SMILES string of the molecule is C=CCn1c(=NC(=O)Cc2ccc(Cl)s2)sc2cc(OC)ccc21. The van der Waals surface area contributed by atoms with Gasteiger partial charge in [-0.25, -0.2) is 0 Å². The summed E-state index contributed by atoms with van der Waals surface area (Å²) in [6.45, 7) is 4.37. The van der Waals surface area contributed by atoms with Gasteiger partial charge < -0.3 is 9.30 Å². The molecule has 0 atom stereocenters. The number of halogens is 1. The molecule has 0 aliphatic carbocycles. The van der Waals surface area contributed by atoms with Gasteiger partial charge in [-0.3, -0.25) is 4.79 Å². The zero-order valence-corrected chi connectivity index (χ0v) is 15.4. The molecule has 4 nitrogen and oxygen atoms in total. The molecule has 0 spiro atoms. The summed E-state index contributed by atoms with van der Waals surface area (Å²) in [4.78, 5) is 18.1. The average Bonchev–Trinajstić information content (AvgIpc) is 3.11. The minimum Gasteiger partial charge on any atom is -0.497 e. The molecule has 0 aliphatic heterocycles. The van der Waals surface area contributed by atoms with Gasteiger partial charge in [-0.05, 0) is 30.3 Å². The van der Waals surface area contributed by atoms with Crippen LogP contribution in [0.5, 0.6) is 5.75 Å². The molecule has 1 aromatic carbocycles. The molecule has 0 unspecified atom stereocenters. The first kappa shape index (κ1) is 17.0. The number of amides is 1. The Hall–Kier alpha value is -1.89. The van der Waals surface area contributed by atoms with Crippen LogP contribution in [0.15, 0.2) is 48.0 Å². The van der Waals surface area contributed by atoms with Crippen LogP contribution in [-0.4, -0.2) is 17.6 Å². The van der Waals surface area contributed by atoms with Crippen molar-refractivity contribution in [3.8, 4) is 5.75 Å². The Morgan fingerprint density at radius 3 is 2.88 bits per heavy atom. The van der Waals surface area contributed by atoms with Gasteiger partial charge >= 0.3 is 0 Å². The van der Waals surface area contributed by atoms with E-state index in [0.29, 0.717) is 15.7 Å². The maximum absolute atomic E-state index is 12.3. The van der Waals surface area contributed by atoms with Gasteiger partial charge in [-0.15, -0.1) is 17.9 Å². The van der Waals surface area contributed by atoms with Crippen LogP contribution in [0.4, 0.5) is 0 Å². The number of allylic oxidation sites excluding steroid dienone is 1. The summed E-state index contributed by atoms with van der Waals surface area (Å²) in [7, 11) is 1.63. The molecular weight excluding hydrogens is 364 g/mol. The smallest absolute Gasteiger partial charge is 0.253 e. The molecule has 1 amide bonds. The average molecular weight is 379 g/mol. The van der Waals surface area contributed by atoms with Crippen molar-refractivity contribution >= 4 is 50.4 Å². The first-order chi connectivity index (χ1) is 11.6. The van der Waals surface area contributed by atoms with Gasteiger partial charge in [0.05, 0.1) is 28.1 Å². The Labute approximate surface area is 152 Å². The molecule has 124 valence electrons. The summed E-state index contributed by atoms with van der Waals surface area (Å²) >= 11 is 8.77. The summed E-state index contributed by atoms with van der Waals surface area (Å²) in [5, 5.41) is 0. The maximum atomic E-state index is 12.3. The third-order valence-electron chi connectivity index (χ3n) is 3.38. The quantitative estimate of drug-likeness (QED) is 0.622. The number of methoxy groups -OCH3 is 1. The third-order valence-corrected chi connectivity index (χ3v) is 5.65. The summed E-state index contributed by atoms with van der Waals surface area (Å²) in [6.07, 6.45) is 2.04. The fourth-order valence-corrected chi connectivity index (χ4v) is 4.48. The monoisotopic (exact) mass is 378 g/mol. The molecule has 0 saturated heterocycles. The molecule has 7 heteroatoms. The molecular formula is C17H15ClN2O2S2. The standard InChI is InChI=1S/C17H15ClN2O2S2/c1-3-8-20-13-6-4-11(22-2)9-14(13)24-17(20)19-16(21)10-12-5-7-15(18)23-12/h3-7,9H,1,8,10H2,2H3. The molecule has 0 aliphatic rings. The molecule has 24 heavy (non-hydrogen) atoms. The van der Waals surface area contributed by atoms with E-state index in [-0.39, 0.29) is 12.3 Å². The van der Waals surface area contributed by atoms with Crippen molar-refractivity contribution < 1.29 is 9.53 Å². The number of fused-ring (bicyclic) bond motifs is 1. The van der Waals surface area contributed by atoms with Gasteiger partial charge in [-0.1, -0.05) is 29.0 Å². The number of thiophene rings is 1. The van der Waals surface area contributed by atoms with Crippen LogP contribution >= 0.6 is 34.3 Å². The Bertz CT molecular complexity index is 969. The molecule has 2 heterocycles. The lowest BCUT2D eigenvalue weighted by atomic mass is 10.3. The minimum absolute atomic E-state index is 0.190. The first-order valence-corrected chi connectivity index (χ1v) is 9.22. The van der Waals surface area contributed by atoms with Gasteiger partial charge in [0.15, 0.2) is 4.80 Å². The van der Waals surface area contributed by atoms with E-state index >= 15 is 0 Å². The van der Waals surface area contributed by atoms with E-state index in [1.807, 2.05) is 28.8 Å². The van der Waals surface area contributed by atoms with Crippen molar-refractivity contribution in [2.45, 2.75) is 13.0 Å². The molecule has 0 fully saturated rings. The van der Waals surface area contributed by atoms with Crippen LogP contribution in [-0.2, 0) is 17.8 Å². The second kappa shape index (κ2) is 7.34. The van der Waals surface area contributed by atoms with E-state index in [2.05, 4.69) is 11.6 Å². The molecule has 0 N–H and O–H groups in total. The number of benzene rings is 1. The highest BCUT2D eigenvalue weighted by Gasteiger charge is 2.09. The van der Waals surface area contributed by atoms with Crippen molar-refractivity contribution in [1.82, 2.24) is 4.57 Å². The number of nitrogens with zero attached hydrogens (tertiary/aromatic N) is 2. The maximum Gasteiger partial charge on any atom is 0.253 e. The van der Waals surface area contributed by atoms with E-state index in [1.54, 1.807) is 19.3 Å². The predicted octanol–water partition coefficient (Wildman–Crippen LogP) is 4.28. The largest absolute Gasteiger partial charge is 0.497 e. The number of rotatable bonds is 5. The summed E-state index contributed by atoms with van der Waals surface area (Å²) < 4.78 is 8.93. The number of hydrogen-bond donors (Lipinski definition) is 0. The summed E-state index contributed by atoms with van der Waals surface area (Å²) in [6, 6.07) is 9.46. The topological polar surface area (TPSA) is 43.6 Å². The van der Waals surface area contributed by atoms with Gasteiger partial charge in [0, 0.05) is 11.4 Å². The number of carbonyl (C=O) groups excluding carboxylic acids is 1. The molecule has 2 aromatic heterocycles. The number of ether oxygens (including phenoxy) is 1. The highest BCUT2D eigenvalue weighted by Crippen LogP contribution is 2.24. The zero-order chi connectivity index (χ0) is 17.1. The number of hydrogen-bond acceptors (Lipinski definition) is 4. The van der Waals surface area contributed by atoms with Crippen molar-refractivity contribution in [3.05, 3.63) is 57.0 Å². The second-order valence-electron chi connectivity index (χ2n) is 5.01. The van der Waals surface area contributed by atoms with Gasteiger partial charge in [0.25, 0.3) is 5.91 Å². The Morgan fingerprint density at radius 2 is 2.21 bits per heavy atom. The van der Waals surface area contributed by atoms with Gasteiger partial charge in [0.1, 0.15) is 5.75 Å². The van der Waals surface area contributed by atoms with Crippen LogP contribution in [0, 0.1) is 0 Å². The van der Waals surface area contributed by atoms with Crippen molar-refractivity contribution in [2.75, 3.05) is 7.11 Å². The van der Waals surface area contributed by atoms with E-state index < -0.39 is 0 Å². The van der Waals surface area contributed by atoms with Crippen LogP contribution in [0.3, 0.4) is 0 Å². The Kier molecular flexibility index (Phi) is 5.18. The van der Waals surface area contributed by atoms with Crippen molar-refractivity contribution in [1.29, 1.82) is 0 Å². The van der Waals surface area contributed by atoms with E-state index in [9.17, 15) is 4.79 Å². The predicted molar refractivity (Wildman–Crippen MR) is 100 cm³/mol. The molecule has 3 rings (SSSR count). The highest BCUT2D eigenvalue weighted by molar-refractivity contribution is 7.16. The fraction of sp³-hybridized carbons (Fsp3) is 0.176. The number of aromatic nitrogens is 1. The molecule has 3 aromatic rings. The molecule has 0 radical (unpaired) electrons.